The first-order chi connectivity index (χ1) is 17.0. The molecule has 0 radical (unpaired) electrons. The van der Waals surface area contributed by atoms with Crippen molar-refractivity contribution in [2.45, 2.75) is 31.9 Å². The maximum Gasteiger partial charge on any atom is 0.254 e. The van der Waals surface area contributed by atoms with Crippen molar-refractivity contribution in [1.82, 2.24) is 19.8 Å². The van der Waals surface area contributed by atoms with Crippen LogP contribution in [-0.2, 0) is 4.74 Å². The number of carbonyl (C=O) groups excluding carboxylic acids is 1. The summed E-state index contributed by atoms with van der Waals surface area (Å²) in [5.41, 5.74) is 3.28. The van der Waals surface area contributed by atoms with Crippen molar-refractivity contribution in [3.63, 3.8) is 0 Å². The highest BCUT2D eigenvalue weighted by atomic mass is 35.5. The standard InChI is InChI=1S/C27H30ClN5O2/c1-19-17-32(18-24-3-2-16-35-24)14-15-33(19)26(34)21-6-10-23(11-7-21)30-27-29-13-12-25(31-27)20-4-8-22(28)9-5-20/h4-13,19,24H,2-3,14-18H2,1H3,(H,29,30,31)/t19-,24?/m1/s1. The number of ether oxygens (including phenoxy) is 1. The van der Waals surface area contributed by atoms with Gasteiger partial charge in [-0.3, -0.25) is 9.69 Å². The molecule has 35 heavy (non-hydrogen) atoms. The molecule has 5 rings (SSSR count). The Hall–Kier alpha value is -3.00. The second-order valence-corrected chi connectivity index (χ2v) is 9.65. The van der Waals surface area contributed by atoms with Gasteiger partial charge in [0.2, 0.25) is 5.95 Å². The fourth-order valence-electron chi connectivity index (χ4n) is 4.77. The summed E-state index contributed by atoms with van der Waals surface area (Å²) in [6, 6.07) is 17.1. The van der Waals surface area contributed by atoms with Crippen molar-refractivity contribution >= 4 is 29.1 Å². The van der Waals surface area contributed by atoms with Crippen LogP contribution in [0.3, 0.4) is 0 Å². The highest BCUT2D eigenvalue weighted by Gasteiger charge is 2.30. The average Bonchev–Trinajstić information content (AvgIpc) is 3.38. The fourth-order valence-corrected chi connectivity index (χ4v) is 4.89. The van der Waals surface area contributed by atoms with Gasteiger partial charge >= 0.3 is 0 Å². The van der Waals surface area contributed by atoms with Crippen LogP contribution in [0.25, 0.3) is 11.3 Å². The van der Waals surface area contributed by atoms with Gasteiger partial charge in [-0.2, -0.15) is 0 Å². The number of nitrogens with zero attached hydrogens (tertiary/aromatic N) is 4. The summed E-state index contributed by atoms with van der Waals surface area (Å²) in [6.07, 6.45) is 4.37. The van der Waals surface area contributed by atoms with E-state index in [2.05, 4.69) is 27.1 Å². The van der Waals surface area contributed by atoms with E-state index in [1.54, 1.807) is 6.20 Å². The van der Waals surface area contributed by atoms with Crippen LogP contribution in [0.5, 0.6) is 0 Å². The minimum Gasteiger partial charge on any atom is -0.377 e. The van der Waals surface area contributed by atoms with Crippen LogP contribution in [0.4, 0.5) is 11.6 Å². The Kier molecular flexibility index (Phi) is 7.27. The van der Waals surface area contributed by atoms with Crippen molar-refractivity contribution in [2.75, 3.05) is 38.1 Å². The summed E-state index contributed by atoms with van der Waals surface area (Å²) in [4.78, 5) is 26.5. The maximum absolute atomic E-state index is 13.2. The van der Waals surface area contributed by atoms with E-state index in [1.807, 2.05) is 59.5 Å². The van der Waals surface area contributed by atoms with Gasteiger partial charge in [-0.05, 0) is 62.2 Å². The van der Waals surface area contributed by atoms with Gasteiger partial charge < -0.3 is 15.0 Å². The first kappa shape index (κ1) is 23.7. The van der Waals surface area contributed by atoms with Gasteiger partial charge in [0.15, 0.2) is 0 Å². The largest absolute Gasteiger partial charge is 0.377 e. The molecule has 7 nitrogen and oxygen atoms in total. The van der Waals surface area contributed by atoms with Crippen molar-refractivity contribution in [3.8, 4) is 11.3 Å². The van der Waals surface area contributed by atoms with E-state index in [9.17, 15) is 4.79 Å². The minimum atomic E-state index is 0.0711. The first-order valence-electron chi connectivity index (χ1n) is 12.2. The Morgan fingerprint density at radius 1 is 1.11 bits per heavy atom. The molecular weight excluding hydrogens is 462 g/mol. The molecule has 0 saturated carbocycles. The lowest BCUT2D eigenvalue weighted by Gasteiger charge is -2.40. The number of rotatable bonds is 6. The molecule has 2 aliphatic heterocycles. The number of benzene rings is 2. The van der Waals surface area contributed by atoms with E-state index in [0.717, 1.165) is 62.6 Å². The number of nitrogens with one attached hydrogen (secondary N) is 1. The molecule has 1 N–H and O–H groups in total. The molecule has 0 aliphatic carbocycles. The number of hydrogen-bond acceptors (Lipinski definition) is 6. The van der Waals surface area contributed by atoms with Gasteiger partial charge in [0.05, 0.1) is 11.8 Å². The molecule has 2 atom stereocenters. The second-order valence-electron chi connectivity index (χ2n) is 9.22. The van der Waals surface area contributed by atoms with Crippen LogP contribution in [0.15, 0.2) is 60.8 Å². The van der Waals surface area contributed by atoms with Gasteiger partial charge in [-0.25, -0.2) is 9.97 Å². The molecule has 1 unspecified atom stereocenters. The molecule has 2 aliphatic rings. The lowest BCUT2D eigenvalue weighted by atomic mass is 10.1. The minimum absolute atomic E-state index is 0.0711. The third-order valence-electron chi connectivity index (χ3n) is 6.64. The molecule has 3 heterocycles. The second kappa shape index (κ2) is 10.7. The molecule has 182 valence electrons. The van der Waals surface area contributed by atoms with Gasteiger partial charge in [-0.1, -0.05) is 23.7 Å². The van der Waals surface area contributed by atoms with E-state index in [0.29, 0.717) is 22.6 Å². The quantitative estimate of drug-likeness (QED) is 0.530. The third kappa shape index (κ3) is 5.81. The molecule has 2 fully saturated rings. The SMILES string of the molecule is C[C@@H]1CN(CC2CCCO2)CCN1C(=O)c1ccc(Nc2nccc(-c3ccc(Cl)cc3)n2)cc1. The number of amides is 1. The highest BCUT2D eigenvalue weighted by Crippen LogP contribution is 2.23. The van der Waals surface area contributed by atoms with Crippen LogP contribution in [-0.4, -0.2) is 70.6 Å². The topological polar surface area (TPSA) is 70.6 Å². The molecule has 0 spiro atoms. The van der Waals surface area contributed by atoms with E-state index < -0.39 is 0 Å². The zero-order chi connectivity index (χ0) is 24.2. The molecule has 0 bridgehead atoms. The van der Waals surface area contributed by atoms with Crippen LogP contribution < -0.4 is 5.32 Å². The molecule has 1 aromatic heterocycles. The summed E-state index contributed by atoms with van der Waals surface area (Å²) in [5.74, 6) is 0.564. The summed E-state index contributed by atoms with van der Waals surface area (Å²) in [5, 5.41) is 3.91. The van der Waals surface area contributed by atoms with Crippen molar-refractivity contribution in [2.24, 2.45) is 0 Å². The van der Waals surface area contributed by atoms with E-state index in [-0.39, 0.29) is 11.9 Å². The summed E-state index contributed by atoms with van der Waals surface area (Å²) in [6.45, 7) is 6.47. The number of anilines is 2. The van der Waals surface area contributed by atoms with E-state index >= 15 is 0 Å². The average molecular weight is 492 g/mol. The predicted octanol–water partition coefficient (Wildman–Crippen LogP) is 4.87. The smallest absolute Gasteiger partial charge is 0.254 e. The van der Waals surface area contributed by atoms with Gasteiger partial charge in [0.1, 0.15) is 0 Å². The van der Waals surface area contributed by atoms with Gasteiger partial charge in [-0.15, -0.1) is 0 Å². The summed E-state index contributed by atoms with van der Waals surface area (Å²) >= 11 is 5.99. The Morgan fingerprint density at radius 3 is 2.63 bits per heavy atom. The van der Waals surface area contributed by atoms with Crippen molar-refractivity contribution in [3.05, 3.63) is 71.4 Å². The molecule has 3 aromatic rings. The lowest BCUT2D eigenvalue weighted by molar-refractivity contribution is 0.0279. The first-order valence-corrected chi connectivity index (χ1v) is 12.5. The Labute approximate surface area is 211 Å². The number of halogens is 1. The highest BCUT2D eigenvalue weighted by molar-refractivity contribution is 6.30. The number of hydrogen-bond donors (Lipinski definition) is 1. The Morgan fingerprint density at radius 2 is 1.91 bits per heavy atom. The zero-order valence-corrected chi connectivity index (χ0v) is 20.6. The van der Waals surface area contributed by atoms with Crippen LogP contribution in [0.1, 0.15) is 30.1 Å². The monoisotopic (exact) mass is 491 g/mol. The van der Waals surface area contributed by atoms with Gasteiger partial charge in [0, 0.05) is 66.9 Å². The molecule has 1 amide bonds. The summed E-state index contributed by atoms with van der Waals surface area (Å²) in [7, 11) is 0. The van der Waals surface area contributed by atoms with Crippen molar-refractivity contribution < 1.29 is 9.53 Å². The predicted molar refractivity (Wildman–Crippen MR) is 138 cm³/mol. The third-order valence-corrected chi connectivity index (χ3v) is 6.89. The van der Waals surface area contributed by atoms with Crippen LogP contribution in [0.2, 0.25) is 5.02 Å². The van der Waals surface area contributed by atoms with Gasteiger partial charge in [0.25, 0.3) is 5.91 Å². The lowest BCUT2D eigenvalue weighted by Crippen LogP contribution is -2.55. The normalized spacial score (nSPS) is 20.7. The Balaban J connectivity index is 1.19. The molecule has 8 heteroatoms. The zero-order valence-electron chi connectivity index (χ0n) is 19.9. The Bertz CT molecular complexity index is 1150. The molecule has 2 aromatic carbocycles. The molecular formula is C27H30ClN5O2. The summed E-state index contributed by atoms with van der Waals surface area (Å²) < 4.78 is 5.78. The van der Waals surface area contributed by atoms with Crippen LogP contribution in [0, 0.1) is 0 Å². The number of aromatic nitrogens is 2. The van der Waals surface area contributed by atoms with E-state index in [4.69, 9.17) is 16.3 Å². The number of carbonyl (C=O) groups is 1. The van der Waals surface area contributed by atoms with Crippen LogP contribution >= 0.6 is 11.6 Å². The van der Waals surface area contributed by atoms with Crippen molar-refractivity contribution in [1.29, 1.82) is 0 Å². The fraction of sp³-hybridized carbons (Fsp3) is 0.370. The molecule has 2 saturated heterocycles. The van der Waals surface area contributed by atoms with E-state index in [1.165, 1.54) is 0 Å². The maximum atomic E-state index is 13.2. The number of piperazine rings is 1.